The summed E-state index contributed by atoms with van der Waals surface area (Å²) >= 11 is 0. The van der Waals surface area contributed by atoms with E-state index in [9.17, 15) is 4.79 Å². The van der Waals surface area contributed by atoms with E-state index in [1.807, 2.05) is 6.07 Å². The maximum Gasteiger partial charge on any atom is 0.356 e. The summed E-state index contributed by atoms with van der Waals surface area (Å²) in [5.74, 6) is -0.360. The van der Waals surface area contributed by atoms with E-state index < -0.39 is 5.97 Å². The van der Waals surface area contributed by atoms with Gasteiger partial charge in [-0.1, -0.05) is 6.07 Å². The summed E-state index contributed by atoms with van der Waals surface area (Å²) in [7, 11) is 0. The summed E-state index contributed by atoms with van der Waals surface area (Å²) in [5, 5.41) is 17.8. The zero-order chi connectivity index (χ0) is 11.5. The lowest BCUT2D eigenvalue weighted by Crippen LogP contribution is -1.98. The van der Waals surface area contributed by atoms with E-state index in [0.717, 1.165) is 0 Å². The first-order valence-electron chi connectivity index (χ1n) is 5.04. The van der Waals surface area contributed by atoms with Crippen LogP contribution in [0.4, 0.5) is 0 Å². The van der Waals surface area contributed by atoms with E-state index in [-0.39, 0.29) is 12.3 Å². The Balaban J connectivity index is 2.53. The fourth-order valence-electron chi connectivity index (χ4n) is 1.67. The minimum Gasteiger partial charge on any atom is -0.476 e. The van der Waals surface area contributed by atoms with Gasteiger partial charge in [0, 0.05) is 19.2 Å². The number of aromatic nitrogens is 2. The summed E-state index contributed by atoms with van der Waals surface area (Å²) < 4.78 is 1.75. The molecule has 0 bridgehead atoms. The first kappa shape index (κ1) is 10.6. The Hall–Kier alpha value is -1.88. The van der Waals surface area contributed by atoms with Crippen LogP contribution >= 0.6 is 0 Å². The molecule has 2 aromatic heterocycles. The molecule has 2 heterocycles. The lowest BCUT2D eigenvalue weighted by Gasteiger charge is -1.98. The van der Waals surface area contributed by atoms with E-state index >= 15 is 0 Å². The molecule has 16 heavy (non-hydrogen) atoms. The van der Waals surface area contributed by atoms with Gasteiger partial charge in [0.2, 0.25) is 0 Å². The highest BCUT2D eigenvalue weighted by atomic mass is 16.4. The van der Waals surface area contributed by atoms with Gasteiger partial charge in [-0.3, -0.25) is 0 Å². The van der Waals surface area contributed by atoms with E-state index in [1.54, 1.807) is 22.7 Å². The number of aliphatic hydroxyl groups is 1. The fraction of sp³-hybridized carbons (Fsp3) is 0.273. The van der Waals surface area contributed by atoms with Crippen LogP contribution in [0.1, 0.15) is 22.7 Å². The zero-order valence-electron chi connectivity index (χ0n) is 8.63. The largest absolute Gasteiger partial charge is 0.476 e. The third-order valence-electron chi connectivity index (χ3n) is 2.38. The van der Waals surface area contributed by atoms with Crippen molar-refractivity contribution in [3.05, 3.63) is 35.9 Å². The Morgan fingerprint density at radius 2 is 2.25 bits per heavy atom. The smallest absolute Gasteiger partial charge is 0.356 e. The number of aromatic carboxylic acids is 1. The summed E-state index contributed by atoms with van der Waals surface area (Å²) in [6.07, 6.45) is 2.92. The van der Waals surface area contributed by atoms with Crippen molar-refractivity contribution in [2.24, 2.45) is 0 Å². The standard InChI is InChI=1S/C11H12N2O3/c14-7-3-5-9-12-10(11(15)16)8-4-1-2-6-13(8)9/h1-2,4,6,14H,3,5,7H2,(H,15,16). The van der Waals surface area contributed by atoms with Gasteiger partial charge in [-0.05, 0) is 18.6 Å². The second-order valence-corrected chi connectivity index (χ2v) is 3.46. The molecule has 2 rings (SSSR count). The van der Waals surface area contributed by atoms with Gasteiger partial charge in [0.1, 0.15) is 5.82 Å². The van der Waals surface area contributed by atoms with Crippen LogP contribution in [0, 0.1) is 0 Å². The van der Waals surface area contributed by atoms with Gasteiger partial charge < -0.3 is 14.6 Å². The lowest BCUT2D eigenvalue weighted by atomic mass is 10.3. The summed E-state index contributed by atoms with van der Waals surface area (Å²) in [6, 6.07) is 5.32. The third kappa shape index (κ3) is 1.77. The molecule has 0 aromatic carbocycles. The Morgan fingerprint density at radius 3 is 2.94 bits per heavy atom. The van der Waals surface area contributed by atoms with Crippen LogP contribution in [0.25, 0.3) is 5.52 Å². The number of aliphatic hydroxyl groups excluding tert-OH is 1. The van der Waals surface area contributed by atoms with Crippen molar-refractivity contribution in [3.63, 3.8) is 0 Å². The molecule has 0 fully saturated rings. The van der Waals surface area contributed by atoms with Crippen molar-refractivity contribution in [1.29, 1.82) is 0 Å². The Bertz CT molecular complexity index is 519. The molecule has 2 N–H and O–H groups in total. The molecule has 84 valence electrons. The molecule has 0 atom stereocenters. The van der Waals surface area contributed by atoms with E-state index in [4.69, 9.17) is 10.2 Å². The SMILES string of the molecule is O=C(O)c1nc(CCCO)n2ccccc12. The Labute approximate surface area is 92.0 Å². The molecule has 0 aliphatic rings. The minimum absolute atomic E-state index is 0.0635. The predicted molar refractivity (Wildman–Crippen MR) is 57.6 cm³/mol. The molecule has 5 heteroatoms. The number of imidazole rings is 1. The van der Waals surface area contributed by atoms with Crippen molar-refractivity contribution < 1.29 is 15.0 Å². The number of carboxylic acids is 1. The highest BCUT2D eigenvalue weighted by molar-refractivity contribution is 5.93. The minimum atomic E-state index is -1.03. The average Bonchev–Trinajstić information content (AvgIpc) is 2.65. The van der Waals surface area contributed by atoms with Crippen LogP contribution in [0.2, 0.25) is 0 Å². The first-order valence-corrected chi connectivity index (χ1v) is 5.04. The number of fused-ring (bicyclic) bond motifs is 1. The normalized spacial score (nSPS) is 10.8. The van der Waals surface area contributed by atoms with E-state index in [1.165, 1.54) is 0 Å². The summed E-state index contributed by atoms with van der Waals surface area (Å²) in [5.41, 5.74) is 0.650. The molecule has 0 unspecified atom stereocenters. The van der Waals surface area contributed by atoms with Gasteiger partial charge in [-0.15, -0.1) is 0 Å². The van der Waals surface area contributed by atoms with Crippen LogP contribution < -0.4 is 0 Å². The van der Waals surface area contributed by atoms with Crippen LogP contribution in [-0.4, -0.2) is 32.2 Å². The van der Waals surface area contributed by atoms with Gasteiger partial charge in [0.15, 0.2) is 5.69 Å². The number of carboxylic acid groups (broad SMARTS) is 1. The maximum absolute atomic E-state index is 11.0. The van der Waals surface area contributed by atoms with Crippen molar-refractivity contribution >= 4 is 11.5 Å². The topological polar surface area (TPSA) is 74.8 Å². The van der Waals surface area contributed by atoms with Crippen molar-refractivity contribution in [2.75, 3.05) is 6.61 Å². The van der Waals surface area contributed by atoms with Crippen LogP contribution in [0.3, 0.4) is 0 Å². The number of nitrogens with zero attached hydrogens (tertiary/aromatic N) is 2. The first-order chi connectivity index (χ1) is 7.74. The second kappa shape index (κ2) is 4.32. The van der Waals surface area contributed by atoms with Gasteiger partial charge in [-0.2, -0.15) is 0 Å². The van der Waals surface area contributed by atoms with E-state index in [0.29, 0.717) is 24.2 Å². The highest BCUT2D eigenvalue weighted by Gasteiger charge is 2.15. The molecule has 0 saturated carbocycles. The van der Waals surface area contributed by atoms with Crippen LogP contribution in [0.5, 0.6) is 0 Å². The Morgan fingerprint density at radius 1 is 1.44 bits per heavy atom. The van der Waals surface area contributed by atoms with Crippen LogP contribution in [-0.2, 0) is 6.42 Å². The molecule has 2 aromatic rings. The maximum atomic E-state index is 11.0. The number of rotatable bonds is 4. The van der Waals surface area contributed by atoms with Gasteiger partial charge in [0.05, 0.1) is 5.52 Å². The average molecular weight is 220 g/mol. The van der Waals surface area contributed by atoms with Gasteiger partial charge >= 0.3 is 5.97 Å². The molecular formula is C11H12N2O3. The molecule has 0 amide bonds. The predicted octanol–water partition coefficient (Wildman–Crippen LogP) is 0.957. The molecular weight excluding hydrogens is 208 g/mol. The summed E-state index contributed by atoms with van der Waals surface area (Å²) in [6.45, 7) is 0.0736. The number of aryl methyl sites for hydroxylation is 1. The second-order valence-electron chi connectivity index (χ2n) is 3.46. The molecule has 0 aliphatic heterocycles. The van der Waals surface area contributed by atoms with Crippen molar-refractivity contribution in [2.45, 2.75) is 12.8 Å². The number of hydrogen-bond donors (Lipinski definition) is 2. The molecule has 0 aliphatic carbocycles. The van der Waals surface area contributed by atoms with E-state index in [2.05, 4.69) is 4.98 Å². The molecule has 0 radical (unpaired) electrons. The van der Waals surface area contributed by atoms with Crippen molar-refractivity contribution in [3.8, 4) is 0 Å². The lowest BCUT2D eigenvalue weighted by molar-refractivity contribution is 0.0693. The fourth-order valence-corrected chi connectivity index (χ4v) is 1.67. The zero-order valence-corrected chi connectivity index (χ0v) is 8.63. The van der Waals surface area contributed by atoms with Crippen LogP contribution in [0.15, 0.2) is 24.4 Å². The molecule has 5 nitrogen and oxygen atoms in total. The Kier molecular flexibility index (Phi) is 2.87. The quantitative estimate of drug-likeness (QED) is 0.804. The van der Waals surface area contributed by atoms with Gasteiger partial charge in [-0.25, -0.2) is 9.78 Å². The van der Waals surface area contributed by atoms with Crippen molar-refractivity contribution in [1.82, 2.24) is 9.38 Å². The third-order valence-corrected chi connectivity index (χ3v) is 2.38. The number of hydrogen-bond acceptors (Lipinski definition) is 3. The molecule has 0 spiro atoms. The number of carbonyl (C=O) groups is 1. The number of pyridine rings is 1. The van der Waals surface area contributed by atoms with Gasteiger partial charge in [0.25, 0.3) is 0 Å². The summed E-state index contributed by atoms with van der Waals surface area (Å²) in [4.78, 5) is 15.1. The highest BCUT2D eigenvalue weighted by Crippen LogP contribution is 2.14. The molecule has 0 saturated heterocycles. The monoisotopic (exact) mass is 220 g/mol.